The van der Waals surface area contributed by atoms with Crippen LogP contribution in [0.3, 0.4) is 0 Å². The molecule has 2 rings (SSSR count). The van der Waals surface area contributed by atoms with Crippen molar-refractivity contribution in [3.63, 3.8) is 0 Å². The largest absolute Gasteiger partial charge is 0.371 e. The molecule has 0 radical (unpaired) electrons. The molecule has 3 heteroatoms. The number of nitrogens with two attached hydrogens (primary N) is 1. The van der Waals surface area contributed by atoms with Crippen LogP contribution in [0.15, 0.2) is 18.2 Å². The van der Waals surface area contributed by atoms with E-state index in [2.05, 4.69) is 18.7 Å². The van der Waals surface area contributed by atoms with Gasteiger partial charge in [0, 0.05) is 18.8 Å². The maximum absolute atomic E-state index is 13.3. The third kappa shape index (κ3) is 3.02. The van der Waals surface area contributed by atoms with Crippen molar-refractivity contribution in [1.29, 1.82) is 0 Å². The van der Waals surface area contributed by atoms with E-state index < -0.39 is 0 Å². The molecule has 0 bridgehead atoms. The van der Waals surface area contributed by atoms with Crippen LogP contribution in [0, 0.1) is 17.7 Å². The number of piperidine rings is 1. The van der Waals surface area contributed by atoms with Crippen molar-refractivity contribution in [3.05, 3.63) is 29.6 Å². The van der Waals surface area contributed by atoms with Crippen LogP contribution in [0.4, 0.5) is 10.1 Å². The minimum absolute atomic E-state index is 0.166. The Labute approximate surface area is 109 Å². The van der Waals surface area contributed by atoms with Gasteiger partial charge in [0.05, 0.1) is 0 Å². The molecule has 2 N–H and O–H groups in total. The Hall–Kier alpha value is -1.09. The normalized spacial score (nSPS) is 24.3. The third-order valence-electron chi connectivity index (χ3n) is 3.66. The van der Waals surface area contributed by atoms with Crippen molar-refractivity contribution in [3.8, 4) is 0 Å². The second-order valence-electron chi connectivity index (χ2n) is 5.66. The molecule has 1 aliphatic rings. The molecular formula is C15H23FN2. The summed E-state index contributed by atoms with van der Waals surface area (Å²) < 4.78 is 13.3. The molecule has 0 spiro atoms. The number of nitrogens with zero attached hydrogens (tertiary/aromatic N) is 1. The summed E-state index contributed by atoms with van der Waals surface area (Å²) in [6, 6.07) is 5.09. The topological polar surface area (TPSA) is 29.3 Å². The van der Waals surface area contributed by atoms with E-state index in [1.54, 1.807) is 12.1 Å². The number of hydrogen-bond acceptors (Lipinski definition) is 2. The Morgan fingerprint density at radius 1 is 1.28 bits per heavy atom. The molecule has 1 aromatic rings. The van der Waals surface area contributed by atoms with Crippen LogP contribution < -0.4 is 10.6 Å². The van der Waals surface area contributed by atoms with Crippen molar-refractivity contribution in [2.75, 3.05) is 24.5 Å². The molecule has 1 heterocycles. The van der Waals surface area contributed by atoms with Crippen LogP contribution in [0.2, 0.25) is 0 Å². The summed E-state index contributed by atoms with van der Waals surface area (Å²) in [5.74, 6) is 1.23. The maximum Gasteiger partial charge on any atom is 0.123 e. The van der Waals surface area contributed by atoms with Gasteiger partial charge in [-0.2, -0.15) is 0 Å². The molecular weight excluding hydrogens is 227 g/mol. The van der Waals surface area contributed by atoms with E-state index in [-0.39, 0.29) is 5.82 Å². The molecule has 0 saturated carbocycles. The van der Waals surface area contributed by atoms with Crippen LogP contribution in [0.25, 0.3) is 0 Å². The van der Waals surface area contributed by atoms with Crippen LogP contribution in [0.5, 0.6) is 0 Å². The molecule has 1 fully saturated rings. The number of anilines is 1. The summed E-state index contributed by atoms with van der Waals surface area (Å²) in [6.45, 7) is 7.26. The number of halogens is 1. The Bertz CT molecular complexity index is 395. The minimum Gasteiger partial charge on any atom is -0.371 e. The first-order chi connectivity index (χ1) is 8.60. The minimum atomic E-state index is -0.166. The zero-order valence-corrected chi connectivity index (χ0v) is 11.3. The van der Waals surface area contributed by atoms with E-state index in [1.165, 1.54) is 12.1 Å². The van der Waals surface area contributed by atoms with E-state index >= 15 is 0 Å². The molecule has 1 saturated heterocycles. The van der Waals surface area contributed by atoms with Crippen molar-refractivity contribution in [2.24, 2.45) is 17.6 Å². The lowest BCUT2D eigenvalue weighted by Crippen LogP contribution is -2.39. The highest BCUT2D eigenvalue weighted by atomic mass is 19.1. The Morgan fingerprint density at radius 3 is 2.56 bits per heavy atom. The molecule has 0 aliphatic carbocycles. The molecule has 2 nitrogen and oxygen atoms in total. The van der Waals surface area contributed by atoms with Gasteiger partial charge in [0.25, 0.3) is 0 Å². The van der Waals surface area contributed by atoms with Crippen LogP contribution in [-0.4, -0.2) is 19.6 Å². The fourth-order valence-electron chi connectivity index (χ4n) is 3.08. The van der Waals surface area contributed by atoms with E-state index in [0.29, 0.717) is 18.4 Å². The lowest BCUT2D eigenvalue weighted by Gasteiger charge is -2.37. The summed E-state index contributed by atoms with van der Waals surface area (Å²) in [4.78, 5) is 2.39. The summed E-state index contributed by atoms with van der Waals surface area (Å²) in [5.41, 5.74) is 7.83. The highest BCUT2D eigenvalue weighted by Gasteiger charge is 2.23. The molecule has 0 aromatic heterocycles. The first-order valence-corrected chi connectivity index (χ1v) is 6.83. The average molecular weight is 250 g/mol. The van der Waals surface area contributed by atoms with Gasteiger partial charge in [-0.3, -0.25) is 0 Å². The summed E-state index contributed by atoms with van der Waals surface area (Å²) in [6.07, 6.45) is 2.02. The van der Waals surface area contributed by atoms with E-state index in [9.17, 15) is 4.39 Å². The summed E-state index contributed by atoms with van der Waals surface area (Å²) in [5, 5.41) is 0. The highest BCUT2D eigenvalue weighted by Crippen LogP contribution is 2.29. The summed E-state index contributed by atoms with van der Waals surface area (Å²) >= 11 is 0. The lowest BCUT2D eigenvalue weighted by atomic mass is 9.91. The third-order valence-corrected chi connectivity index (χ3v) is 3.66. The zero-order chi connectivity index (χ0) is 13.1. The fourth-order valence-corrected chi connectivity index (χ4v) is 3.08. The van der Waals surface area contributed by atoms with E-state index in [1.807, 2.05) is 6.07 Å². The summed E-state index contributed by atoms with van der Waals surface area (Å²) in [7, 11) is 0. The van der Waals surface area contributed by atoms with Gasteiger partial charge < -0.3 is 10.6 Å². The van der Waals surface area contributed by atoms with Gasteiger partial charge in [0.1, 0.15) is 5.82 Å². The van der Waals surface area contributed by atoms with Gasteiger partial charge in [0.2, 0.25) is 0 Å². The van der Waals surface area contributed by atoms with Crippen LogP contribution in [-0.2, 0) is 6.42 Å². The molecule has 2 unspecified atom stereocenters. The van der Waals surface area contributed by atoms with E-state index in [0.717, 1.165) is 25.1 Å². The molecule has 100 valence electrons. The van der Waals surface area contributed by atoms with Crippen molar-refractivity contribution >= 4 is 5.69 Å². The lowest BCUT2D eigenvalue weighted by molar-refractivity contribution is 0.356. The average Bonchev–Trinajstić information content (AvgIpc) is 2.28. The van der Waals surface area contributed by atoms with Gasteiger partial charge >= 0.3 is 0 Å². The van der Waals surface area contributed by atoms with Crippen molar-refractivity contribution < 1.29 is 4.39 Å². The smallest absolute Gasteiger partial charge is 0.123 e. The van der Waals surface area contributed by atoms with E-state index in [4.69, 9.17) is 5.73 Å². The molecule has 18 heavy (non-hydrogen) atoms. The van der Waals surface area contributed by atoms with Crippen LogP contribution >= 0.6 is 0 Å². The molecule has 2 atom stereocenters. The Morgan fingerprint density at radius 2 is 1.94 bits per heavy atom. The first kappa shape index (κ1) is 13.3. The van der Waals surface area contributed by atoms with Crippen LogP contribution in [0.1, 0.15) is 25.8 Å². The van der Waals surface area contributed by atoms with Gasteiger partial charge in [-0.25, -0.2) is 4.39 Å². The SMILES string of the molecule is CC1CC(C)CN(c2ccc(F)cc2CCN)C1. The number of hydrogen-bond donors (Lipinski definition) is 1. The van der Waals surface area contributed by atoms with Crippen molar-refractivity contribution in [1.82, 2.24) is 0 Å². The number of rotatable bonds is 3. The van der Waals surface area contributed by atoms with Gasteiger partial charge in [-0.15, -0.1) is 0 Å². The highest BCUT2D eigenvalue weighted by molar-refractivity contribution is 5.54. The maximum atomic E-state index is 13.3. The standard InChI is InChI=1S/C15H23FN2/c1-11-7-12(2)10-18(9-11)15-4-3-14(16)8-13(15)5-6-17/h3-4,8,11-12H,5-7,9-10,17H2,1-2H3. The van der Waals surface area contributed by atoms with Gasteiger partial charge in [-0.05, 0) is 55.0 Å². The first-order valence-electron chi connectivity index (χ1n) is 6.83. The predicted octanol–water partition coefficient (Wildman–Crippen LogP) is 2.81. The second-order valence-corrected chi connectivity index (χ2v) is 5.66. The van der Waals surface area contributed by atoms with Gasteiger partial charge in [-0.1, -0.05) is 13.8 Å². The zero-order valence-electron chi connectivity index (χ0n) is 11.3. The predicted molar refractivity (Wildman–Crippen MR) is 74.3 cm³/mol. The monoisotopic (exact) mass is 250 g/mol. The Kier molecular flexibility index (Phi) is 4.23. The molecule has 1 aromatic carbocycles. The second kappa shape index (κ2) is 5.70. The number of benzene rings is 1. The quantitative estimate of drug-likeness (QED) is 0.894. The molecule has 1 aliphatic heterocycles. The van der Waals surface area contributed by atoms with Crippen molar-refractivity contribution in [2.45, 2.75) is 26.7 Å². The van der Waals surface area contributed by atoms with Gasteiger partial charge in [0.15, 0.2) is 0 Å². The Balaban J connectivity index is 2.25. The molecule has 0 amide bonds. The fraction of sp³-hybridized carbons (Fsp3) is 0.600.